The van der Waals surface area contributed by atoms with E-state index in [0.29, 0.717) is 12.5 Å². The van der Waals surface area contributed by atoms with E-state index < -0.39 is 0 Å². The van der Waals surface area contributed by atoms with Crippen molar-refractivity contribution in [2.24, 2.45) is 5.92 Å². The summed E-state index contributed by atoms with van der Waals surface area (Å²) in [4.78, 5) is 4.64. The lowest BCUT2D eigenvalue weighted by Crippen LogP contribution is -2.25. The van der Waals surface area contributed by atoms with Gasteiger partial charge in [-0.25, -0.2) is 4.98 Å². The average molecular weight is 236 g/mol. The van der Waals surface area contributed by atoms with Gasteiger partial charge < -0.3 is 9.67 Å². The molecule has 1 aliphatic rings. The fourth-order valence-electron chi connectivity index (χ4n) is 2.62. The highest BCUT2D eigenvalue weighted by Gasteiger charge is 2.21. The Morgan fingerprint density at radius 2 is 2.06 bits per heavy atom. The smallest absolute Gasteiger partial charge is 0.106 e. The molecule has 0 amide bonds. The van der Waals surface area contributed by atoms with Crippen LogP contribution in [0.3, 0.4) is 0 Å². The van der Waals surface area contributed by atoms with Crippen LogP contribution in [0.15, 0.2) is 0 Å². The minimum absolute atomic E-state index is 0.251. The number of nitrogens with zero attached hydrogens (tertiary/aromatic N) is 2. The van der Waals surface area contributed by atoms with E-state index in [2.05, 4.69) is 30.3 Å². The molecule has 0 aliphatic heterocycles. The van der Waals surface area contributed by atoms with E-state index in [0.717, 1.165) is 25.1 Å². The Labute approximate surface area is 104 Å². The van der Waals surface area contributed by atoms with Gasteiger partial charge in [0.2, 0.25) is 0 Å². The van der Waals surface area contributed by atoms with Crippen LogP contribution in [-0.4, -0.2) is 20.8 Å². The molecule has 1 aromatic rings. The third-order valence-electron chi connectivity index (χ3n) is 4.09. The predicted octanol–water partition coefficient (Wildman–Crippen LogP) is 2.48. The van der Waals surface area contributed by atoms with Crippen molar-refractivity contribution in [3.05, 3.63) is 17.2 Å². The summed E-state index contributed by atoms with van der Waals surface area (Å²) in [5.74, 6) is 1.43. The summed E-state index contributed by atoms with van der Waals surface area (Å²) in [5, 5.41) is 10.2. The van der Waals surface area contributed by atoms with Crippen LogP contribution in [0.25, 0.3) is 0 Å². The van der Waals surface area contributed by atoms with E-state index in [1.54, 1.807) is 0 Å². The van der Waals surface area contributed by atoms with Crippen LogP contribution in [0.5, 0.6) is 0 Å². The number of imidazole rings is 1. The maximum Gasteiger partial charge on any atom is 0.106 e. The molecular formula is C14H24N2O. The lowest BCUT2D eigenvalue weighted by Gasteiger charge is -2.21. The highest BCUT2D eigenvalue weighted by molar-refractivity contribution is 5.20. The van der Waals surface area contributed by atoms with Crippen LogP contribution in [0.4, 0.5) is 0 Å². The summed E-state index contributed by atoms with van der Waals surface area (Å²) in [6, 6.07) is 0. The SMILES string of the molecule is CCC(C)C(O)Cn1c(C)nc2c1CCCC2. The number of hydrogen-bond acceptors (Lipinski definition) is 2. The molecule has 1 aromatic heterocycles. The molecule has 0 saturated heterocycles. The predicted molar refractivity (Wildman–Crippen MR) is 69.1 cm³/mol. The Balaban J connectivity index is 2.18. The topological polar surface area (TPSA) is 38.0 Å². The van der Waals surface area contributed by atoms with Crippen LogP contribution in [-0.2, 0) is 19.4 Å². The van der Waals surface area contributed by atoms with E-state index in [4.69, 9.17) is 0 Å². The van der Waals surface area contributed by atoms with Gasteiger partial charge in [0.25, 0.3) is 0 Å². The first-order valence-corrected chi connectivity index (χ1v) is 6.86. The van der Waals surface area contributed by atoms with E-state index >= 15 is 0 Å². The standard InChI is InChI=1S/C14H24N2O/c1-4-10(2)14(17)9-16-11(3)15-12-7-5-6-8-13(12)16/h10,14,17H,4-9H2,1-3H3. The van der Waals surface area contributed by atoms with Crippen molar-refractivity contribution < 1.29 is 5.11 Å². The van der Waals surface area contributed by atoms with Gasteiger partial charge in [0.1, 0.15) is 5.82 Å². The number of aliphatic hydroxyl groups is 1. The molecule has 0 radical (unpaired) electrons. The summed E-state index contributed by atoms with van der Waals surface area (Å²) in [7, 11) is 0. The van der Waals surface area contributed by atoms with Crippen molar-refractivity contribution in [3.63, 3.8) is 0 Å². The lowest BCUT2D eigenvalue weighted by molar-refractivity contribution is 0.0950. The Morgan fingerprint density at radius 3 is 2.76 bits per heavy atom. The number of rotatable bonds is 4. The summed E-state index contributed by atoms with van der Waals surface area (Å²) in [5.41, 5.74) is 2.64. The fourth-order valence-corrected chi connectivity index (χ4v) is 2.62. The fraction of sp³-hybridized carbons (Fsp3) is 0.786. The van der Waals surface area contributed by atoms with E-state index in [-0.39, 0.29) is 6.10 Å². The second-order valence-electron chi connectivity index (χ2n) is 5.32. The quantitative estimate of drug-likeness (QED) is 0.872. The highest BCUT2D eigenvalue weighted by atomic mass is 16.3. The number of aryl methyl sites for hydroxylation is 2. The van der Waals surface area contributed by atoms with Gasteiger partial charge in [-0.1, -0.05) is 20.3 Å². The van der Waals surface area contributed by atoms with Gasteiger partial charge in [0.15, 0.2) is 0 Å². The van der Waals surface area contributed by atoms with E-state index in [1.165, 1.54) is 24.2 Å². The van der Waals surface area contributed by atoms with Crippen molar-refractivity contribution in [1.29, 1.82) is 0 Å². The zero-order chi connectivity index (χ0) is 12.4. The maximum absolute atomic E-state index is 10.2. The van der Waals surface area contributed by atoms with Crippen LogP contribution in [0, 0.1) is 12.8 Å². The molecule has 0 bridgehead atoms. The number of hydrogen-bond donors (Lipinski definition) is 1. The number of aromatic nitrogens is 2. The van der Waals surface area contributed by atoms with Crippen LogP contribution < -0.4 is 0 Å². The molecule has 2 atom stereocenters. The van der Waals surface area contributed by atoms with Gasteiger partial charge in [-0.05, 0) is 38.5 Å². The second-order valence-corrected chi connectivity index (χ2v) is 5.32. The molecule has 2 rings (SSSR count). The summed E-state index contributed by atoms with van der Waals surface area (Å²) >= 11 is 0. The molecule has 3 heteroatoms. The Hall–Kier alpha value is -0.830. The molecule has 0 fully saturated rings. The summed E-state index contributed by atoms with van der Waals surface area (Å²) < 4.78 is 2.24. The van der Waals surface area contributed by atoms with E-state index in [1.807, 2.05) is 0 Å². The van der Waals surface area contributed by atoms with Gasteiger partial charge >= 0.3 is 0 Å². The van der Waals surface area contributed by atoms with Crippen molar-refractivity contribution in [2.75, 3.05) is 0 Å². The monoisotopic (exact) mass is 236 g/mol. The van der Waals surface area contributed by atoms with Gasteiger partial charge in [0.05, 0.1) is 18.3 Å². The molecule has 2 unspecified atom stereocenters. The minimum atomic E-state index is -0.251. The molecule has 0 aromatic carbocycles. The molecule has 1 heterocycles. The van der Waals surface area contributed by atoms with Gasteiger partial charge in [-0.3, -0.25) is 0 Å². The molecule has 0 saturated carbocycles. The average Bonchev–Trinajstić information content (AvgIpc) is 2.65. The third-order valence-corrected chi connectivity index (χ3v) is 4.09. The molecular weight excluding hydrogens is 212 g/mol. The largest absolute Gasteiger partial charge is 0.391 e. The number of aliphatic hydroxyl groups excluding tert-OH is 1. The second kappa shape index (κ2) is 5.21. The Bertz CT molecular complexity index is 384. The molecule has 17 heavy (non-hydrogen) atoms. The highest BCUT2D eigenvalue weighted by Crippen LogP contribution is 2.23. The summed E-state index contributed by atoms with van der Waals surface area (Å²) in [6.45, 7) is 7.01. The van der Waals surface area contributed by atoms with Gasteiger partial charge in [0, 0.05) is 5.69 Å². The van der Waals surface area contributed by atoms with Gasteiger partial charge in [-0.15, -0.1) is 0 Å². The summed E-state index contributed by atoms with van der Waals surface area (Å²) in [6.07, 6.45) is 5.54. The first-order chi connectivity index (χ1) is 8.13. The van der Waals surface area contributed by atoms with Crippen LogP contribution in [0.1, 0.15) is 50.3 Å². The molecule has 0 spiro atoms. The molecule has 3 nitrogen and oxygen atoms in total. The maximum atomic E-state index is 10.2. The van der Waals surface area contributed by atoms with Crippen LogP contribution in [0.2, 0.25) is 0 Å². The molecule has 1 N–H and O–H groups in total. The zero-order valence-electron chi connectivity index (χ0n) is 11.2. The van der Waals surface area contributed by atoms with Crippen molar-refractivity contribution >= 4 is 0 Å². The zero-order valence-corrected chi connectivity index (χ0v) is 11.2. The normalized spacial score (nSPS) is 18.8. The first kappa shape index (κ1) is 12.6. The molecule has 1 aliphatic carbocycles. The van der Waals surface area contributed by atoms with Crippen molar-refractivity contribution in [3.8, 4) is 0 Å². The minimum Gasteiger partial charge on any atom is -0.391 e. The molecule has 96 valence electrons. The lowest BCUT2D eigenvalue weighted by atomic mass is 9.99. The van der Waals surface area contributed by atoms with E-state index in [9.17, 15) is 5.11 Å². The van der Waals surface area contributed by atoms with Crippen molar-refractivity contribution in [1.82, 2.24) is 9.55 Å². The Kier molecular flexibility index (Phi) is 3.87. The third kappa shape index (κ3) is 2.54. The van der Waals surface area contributed by atoms with Crippen LogP contribution >= 0.6 is 0 Å². The van der Waals surface area contributed by atoms with Gasteiger partial charge in [-0.2, -0.15) is 0 Å². The number of fused-ring (bicyclic) bond motifs is 1. The van der Waals surface area contributed by atoms with Crippen molar-refractivity contribution in [2.45, 2.75) is 65.5 Å². The first-order valence-electron chi connectivity index (χ1n) is 6.86. The Morgan fingerprint density at radius 1 is 1.35 bits per heavy atom.